The summed E-state index contributed by atoms with van der Waals surface area (Å²) >= 11 is 3.52. The lowest BCUT2D eigenvalue weighted by atomic mass is 10.1. The van der Waals surface area contributed by atoms with Gasteiger partial charge in [-0.2, -0.15) is 0 Å². The van der Waals surface area contributed by atoms with E-state index in [0.717, 1.165) is 21.1 Å². The number of para-hydroxylation sites is 2. The van der Waals surface area contributed by atoms with Gasteiger partial charge in [0.1, 0.15) is 0 Å². The van der Waals surface area contributed by atoms with E-state index in [0.29, 0.717) is 5.56 Å². The van der Waals surface area contributed by atoms with E-state index in [1.165, 1.54) is 6.07 Å². The van der Waals surface area contributed by atoms with Gasteiger partial charge in [0.05, 0.1) is 20.7 Å². The average molecular weight is 317 g/mol. The van der Waals surface area contributed by atoms with E-state index in [1.54, 1.807) is 18.2 Å². The first-order valence-electron chi connectivity index (χ1n) is 5.68. The molecule has 2 aromatic carbocycles. The molecule has 3 aromatic rings. The Morgan fingerprint density at radius 1 is 1.05 bits per heavy atom. The second-order valence-corrected chi connectivity index (χ2v) is 4.93. The molecule has 0 spiro atoms. The Labute approximate surface area is 117 Å². The van der Waals surface area contributed by atoms with Crippen molar-refractivity contribution in [3.63, 3.8) is 0 Å². The Bertz CT molecular complexity index is 780. The van der Waals surface area contributed by atoms with Gasteiger partial charge < -0.3 is 4.98 Å². The molecule has 1 heterocycles. The van der Waals surface area contributed by atoms with Crippen LogP contribution in [0.2, 0.25) is 0 Å². The molecule has 94 valence electrons. The smallest absolute Gasteiger partial charge is 0.278 e. The number of rotatable bonds is 2. The van der Waals surface area contributed by atoms with E-state index < -0.39 is 0 Å². The fraction of sp³-hybridized carbons (Fsp3) is 0. The van der Waals surface area contributed by atoms with Crippen LogP contribution in [0.5, 0.6) is 0 Å². The molecule has 0 aliphatic heterocycles. The monoisotopic (exact) mass is 316 g/mol. The molecule has 3 rings (SSSR count). The molecule has 0 aliphatic rings. The van der Waals surface area contributed by atoms with Gasteiger partial charge in [0.15, 0.2) is 0 Å². The molecule has 5 heteroatoms. The summed E-state index contributed by atoms with van der Waals surface area (Å²) in [5.74, 6) is 0. The minimum Gasteiger partial charge on any atom is -0.353 e. The van der Waals surface area contributed by atoms with E-state index in [-0.39, 0.29) is 10.6 Å². The predicted molar refractivity (Wildman–Crippen MR) is 78.1 cm³/mol. The summed E-state index contributed by atoms with van der Waals surface area (Å²) in [5, 5.41) is 12.1. The molecule has 0 fully saturated rings. The summed E-state index contributed by atoms with van der Waals surface area (Å²) in [4.78, 5) is 14.0. The fourth-order valence-corrected chi connectivity index (χ4v) is 2.80. The van der Waals surface area contributed by atoms with Crippen molar-refractivity contribution in [2.75, 3.05) is 0 Å². The lowest BCUT2D eigenvalue weighted by molar-refractivity contribution is -0.384. The maximum atomic E-state index is 11.1. The number of nitro groups is 1. The van der Waals surface area contributed by atoms with Gasteiger partial charge in [-0.05, 0) is 28.1 Å². The van der Waals surface area contributed by atoms with Crippen LogP contribution in [0.25, 0.3) is 22.2 Å². The standard InChI is InChI=1S/C14H9BrN2O2/c15-13-9-5-1-3-7-11(9)16-14(13)10-6-2-4-8-12(10)17(18)19/h1-8,16H. The summed E-state index contributed by atoms with van der Waals surface area (Å²) in [6, 6.07) is 14.5. The van der Waals surface area contributed by atoms with Crippen LogP contribution >= 0.6 is 15.9 Å². The zero-order valence-electron chi connectivity index (χ0n) is 9.76. The van der Waals surface area contributed by atoms with Crippen molar-refractivity contribution < 1.29 is 4.92 Å². The van der Waals surface area contributed by atoms with Crippen molar-refractivity contribution in [3.05, 3.63) is 63.1 Å². The third-order valence-electron chi connectivity index (χ3n) is 3.01. The lowest BCUT2D eigenvalue weighted by Gasteiger charge is -2.01. The van der Waals surface area contributed by atoms with Crippen LogP contribution in [0.1, 0.15) is 0 Å². The van der Waals surface area contributed by atoms with Gasteiger partial charge in [0, 0.05) is 17.0 Å². The highest BCUT2D eigenvalue weighted by Crippen LogP contribution is 2.38. The van der Waals surface area contributed by atoms with Crippen LogP contribution < -0.4 is 0 Å². The molecule has 0 atom stereocenters. The largest absolute Gasteiger partial charge is 0.353 e. The van der Waals surface area contributed by atoms with Gasteiger partial charge >= 0.3 is 0 Å². The minimum absolute atomic E-state index is 0.0924. The Kier molecular flexibility index (Phi) is 2.83. The van der Waals surface area contributed by atoms with E-state index >= 15 is 0 Å². The zero-order valence-corrected chi connectivity index (χ0v) is 11.3. The summed E-state index contributed by atoms with van der Waals surface area (Å²) in [7, 11) is 0. The Morgan fingerprint density at radius 3 is 2.47 bits per heavy atom. The molecular formula is C14H9BrN2O2. The van der Waals surface area contributed by atoms with Gasteiger partial charge in [-0.25, -0.2) is 0 Å². The molecule has 0 bridgehead atoms. The first-order valence-corrected chi connectivity index (χ1v) is 6.48. The number of fused-ring (bicyclic) bond motifs is 1. The molecule has 0 radical (unpaired) electrons. The first kappa shape index (κ1) is 11.9. The number of hydrogen-bond acceptors (Lipinski definition) is 2. The van der Waals surface area contributed by atoms with E-state index in [4.69, 9.17) is 0 Å². The Hall–Kier alpha value is -2.14. The number of halogens is 1. The molecule has 4 nitrogen and oxygen atoms in total. The number of nitrogens with one attached hydrogen (secondary N) is 1. The van der Waals surface area contributed by atoms with Crippen LogP contribution in [0.15, 0.2) is 53.0 Å². The number of hydrogen-bond donors (Lipinski definition) is 1. The van der Waals surface area contributed by atoms with Gasteiger partial charge in [-0.3, -0.25) is 10.1 Å². The highest BCUT2D eigenvalue weighted by molar-refractivity contribution is 9.10. The average Bonchev–Trinajstić information content (AvgIpc) is 2.76. The molecule has 0 amide bonds. The van der Waals surface area contributed by atoms with Crippen LogP contribution in [0.3, 0.4) is 0 Å². The first-order chi connectivity index (χ1) is 9.18. The maximum Gasteiger partial charge on any atom is 0.278 e. The third kappa shape index (κ3) is 1.92. The number of nitrogens with zero attached hydrogens (tertiary/aromatic N) is 1. The molecule has 0 saturated heterocycles. The number of nitro benzene ring substituents is 1. The van der Waals surface area contributed by atoms with Crippen molar-refractivity contribution in [2.24, 2.45) is 0 Å². The maximum absolute atomic E-state index is 11.1. The number of H-pyrrole nitrogens is 1. The fourth-order valence-electron chi connectivity index (χ4n) is 2.14. The number of benzene rings is 2. The van der Waals surface area contributed by atoms with Crippen molar-refractivity contribution in [3.8, 4) is 11.3 Å². The topological polar surface area (TPSA) is 58.9 Å². The minimum atomic E-state index is -0.368. The molecule has 1 aromatic heterocycles. The van der Waals surface area contributed by atoms with E-state index in [9.17, 15) is 10.1 Å². The SMILES string of the molecule is O=[N+]([O-])c1ccccc1-c1[nH]c2ccccc2c1Br. The van der Waals surface area contributed by atoms with Gasteiger partial charge in [0.25, 0.3) is 5.69 Å². The summed E-state index contributed by atoms with van der Waals surface area (Å²) < 4.78 is 0.845. The zero-order chi connectivity index (χ0) is 13.4. The normalized spacial score (nSPS) is 10.8. The molecule has 0 saturated carbocycles. The molecule has 1 N–H and O–H groups in total. The van der Waals surface area contributed by atoms with E-state index in [2.05, 4.69) is 20.9 Å². The second-order valence-electron chi connectivity index (χ2n) is 4.13. The highest BCUT2D eigenvalue weighted by atomic mass is 79.9. The van der Waals surface area contributed by atoms with Crippen molar-refractivity contribution in [1.82, 2.24) is 4.98 Å². The molecule has 19 heavy (non-hydrogen) atoms. The number of aromatic amines is 1. The second kappa shape index (κ2) is 4.51. The molecule has 0 aliphatic carbocycles. The summed E-state index contributed by atoms with van der Waals surface area (Å²) in [6.07, 6.45) is 0. The Morgan fingerprint density at radius 2 is 1.74 bits per heavy atom. The van der Waals surface area contributed by atoms with Crippen molar-refractivity contribution in [1.29, 1.82) is 0 Å². The molecule has 0 unspecified atom stereocenters. The predicted octanol–water partition coefficient (Wildman–Crippen LogP) is 4.51. The van der Waals surface area contributed by atoms with Crippen LogP contribution in [-0.4, -0.2) is 9.91 Å². The summed E-state index contributed by atoms with van der Waals surface area (Å²) in [6.45, 7) is 0. The van der Waals surface area contributed by atoms with Crippen LogP contribution in [0, 0.1) is 10.1 Å². The quantitative estimate of drug-likeness (QED) is 0.558. The van der Waals surface area contributed by atoms with Gasteiger partial charge in [0.2, 0.25) is 0 Å². The van der Waals surface area contributed by atoms with Crippen molar-refractivity contribution >= 4 is 32.5 Å². The summed E-state index contributed by atoms with van der Waals surface area (Å²) in [5.41, 5.74) is 2.35. The van der Waals surface area contributed by atoms with Crippen molar-refractivity contribution in [2.45, 2.75) is 0 Å². The van der Waals surface area contributed by atoms with Gasteiger partial charge in [-0.1, -0.05) is 30.3 Å². The van der Waals surface area contributed by atoms with Crippen LogP contribution in [0.4, 0.5) is 5.69 Å². The van der Waals surface area contributed by atoms with E-state index in [1.807, 2.05) is 24.3 Å². The molecular weight excluding hydrogens is 308 g/mol. The lowest BCUT2D eigenvalue weighted by Crippen LogP contribution is -1.91. The van der Waals surface area contributed by atoms with Gasteiger partial charge in [-0.15, -0.1) is 0 Å². The Balaban J connectivity index is 2.31. The highest BCUT2D eigenvalue weighted by Gasteiger charge is 2.19. The number of aromatic nitrogens is 1. The third-order valence-corrected chi connectivity index (χ3v) is 3.84. The van der Waals surface area contributed by atoms with Crippen LogP contribution in [-0.2, 0) is 0 Å².